The van der Waals surface area contributed by atoms with Gasteiger partial charge in [-0.05, 0) is 51.0 Å². The molecule has 0 amide bonds. The van der Waals surface area contributed by atoms with Crippen LogP contribution < -0.4 is 4.74 Å². The number of halogens is 1. The van der Waals surface area contributed by atoms with Crippen molar-refractivity contribution in [1.82, 2.24) is 0 Å². The molecule has 1 rings (SSSR count). The average molecular weight is 282 g/mol. The Labute approximate surface area is 105 Å². The first-order valence-electron chi connectivity index (χ1n) is 5.25. The molecule has 0 aliphatic rings. The Morgan fingerprint density at radius 3 is 2.69 bits per heavy atom. The summed E-state index contributed by atoms with van der Waals surface area (Å²) in [5, 5.41) is 8.86. The smallest absolute Gasteiger partial charge is 0.119 e. The van der Waals surface area contributed by atoms with E-state index in [9.17, 15) is 0 Å². The summed E-state index contributed by atoms with van der Waals surface area (Å²) >= 11 is 3.44. The van der Waals surface area contributed by atoms with Crippen LogP contribution in [0.25, 0.3) is 0 Å². The zero-order valence-electron chi connectivity index (χ0n) is 9.88. The predicted octanol–water partition coefficient (Wildman–Crippen LogP) is 4.08. The van der Waals surface area contributed by atoms with Crippen LogP contribution >= 0.6 is 15.9 Å². The molecule has 0 unspecified atom stereocenters. The molecule has 16 heavy (non-hydrogen) atoms. The third-order valence-corrected chi connectivity index (χ3v) is 3.32. The normalized spacial score (nSPS) is 10.9. The number of benzene rings is 1. The predicted molar refractivity (Wildman–Crippen MR) is 68.4 cm³/mol. The van der Waals surface area contributed by atoms with Gasteiger partial charge in [-0.25, -0.2) is 0 Å². The molecule has 2 nitrogen and oxygen atoms in total. The topological polar surface area (TPSA) is 33.0 Å². The zero-order valence-corrected chi connectivity index (χ0v) is 11.5. The summed E-state index contributed by atoms with van der Waals surface area (Å²) in [6.45, 7) is 6.43. The summed E-state index contributed by atoms with van der Waals surface area (Å²) in [5.74, 6) is 0.856. The second-order valence-corrected chi connectivity index (χ2v) is 5.36. The average Bonchev–Trinajstić information content (AvgIpc) is 2.23. The van der Waals surface area contributed by atoms with E-state index in [0.29, 0.717) is 6.61 Å². The van der Waals surface area contributed by atoms with E-state index in [2.05, 4.69) is 22.0 Å². The molecule has 0 N–H and O–H groups in total. The summed E-state index contributed by atoms with van der Waals surface area (Å²) in [6.07, 6.45) is 0.735. The van der Waals surface area contributed by atoms with E-state index in [1.54, 1.807) is 0 Å². The van der Waals surface area contributed by atoms with Crippen LogP contribution in [0.3, 0.4) is 0 Å². The van der Waals surface area contributed by atoms with Gasteiger partial charge in [0.1, 0.15) is 5.75 Å². The second kappa shape index (κ2) is 5.36. The van der Waals surface area contributed by atoms with Gasteiger partial charge in [0.2, 0.25) is 0 Å². The van der Waals surface area contributed by atoms with Crippen LogP contribution in [-0.2, 0) is 0 Å². The Hall–Kier alpha value is -1.01. The van der Waals surface area contributed by atoms with Gasteiger partial charge in [-0.3, -0.25) is 0 Å². The van der Waals surface area contributed by atoms with Crippen LogP contribution in [0.1, 0.15) is 25.8 Å². The van der Waals surface area contributed by atoms with Gasteiger partial charge in [0.05, 0.1) is 18.1 Å². The van der Waals surface area contributed by atoms with Crippen molar-refractivity contribution >= 4 is 15.9 Å². The molecule has 0 bridgehead atoms. The van der Waals surface area contributed by atoms with E-state index in [1.807, 2.05) is 39.0 Å². The molecule has 0 heterocycles. The molecule has 0 saturated carbocycles. The van der Waals surface area contributed by atoms with Gasteiger partial charge < -0.3 is 4.74 Å². The molecule has 1 aromatic rings. The summed E-state index contributed by atoms with van der Waals surface area (Å²) in [6, 6.07) is 8.15. The van der Waals surface area contributed by atoms with Crippen LogP contribution in [0.2, 0.25) is 0 Å². The fraction of sp³-hybridized carbons (Fsp3) is 0.462. The molecular weight excluding hydrogens is 266 g/mol. The van der Waals surface area contributed by atoms with Crippen LogP contribution in [0, 0.1) is 23.7 Å². The number of aryl methyl sites for hydroxylation is 1. The van der Waals surface area contributed by atoms with Gasteiger partial charge in [-0.2, -0.15) is 5.26 Å². The monoisotopic (exact) mass is 281 g/mol. The lowest BCUT2D eigenvalue weighted by Gasteiger charge is -2.15. The first-order valence-corrected chi connectivity index (χ1v) is 6.04. The Bertz CT molecular complexity index is 407. The van der Waals surface area contributed by atoms with Gasteiger partial charge in [0, 0.05) is 4.47 Å². The summed E-state index contributed by atoms with van der Waals surface area (Å²) in [7, 11) is 0. The molecule has 0 aromatic heterocycles. The van der Waals surface area contributed by atoms with E-state index in [0.717, 1.165) is 22.2 Å². The molecule has 0 fully saturated rings. The maximum atomic E-state index is 8.86. The van der Waals surface area contributed by atoms with Gasteiger partial charge in [0.25, 0.3) is 0 Å². The largest absolute Gasteiger partial charge is 0.494 e. The number of nitrogens with zero attached hydrogens (tertiary/aromatic N) is 1. The minimum absolute atomic E-state index is 0.315. The minimum Gasteiger partial charge on any atom is -0.494 e. The zero-order chi connectivity index (χ0) is 12.2. The van der Waals surface area contributed by atoms with E-state index < -0.39 is 0 Å². The number of ether oxygens (including phenoxy) is 1. The van der Waals surface area contributed by atoms with E-state index in [-0.39, 0.29) is 5.41 Å². The van der Waals surface area contributed by atoms with Gasteiger partial charge in [-0.15, -0.1) is 0 Å². The molecule has 0 spiro atoms. The van der Waals surface area contributed by atoms with Crippen LogP contribution in [-0.4, -0.2) is 6.61 Å². The maximum absolute atomic E-state index is 8.86. The van der Waals surface area contributed by atoms with Gasteiger partial charge in [0.15, 0.2) is 0 Å². The third kappa shape index (κ3) is 3.86. The molecule has 0 atom stereocenters. The highest BCUT2D eigenvalue weighted by molar-refractivity contribution is 9.10. The lowest BCUT2D eigenvalue weighted by Crippen LogP contribution is -2.13. The fourth-order valence-electron chi connectivity index (χ4n) is 1.19. The van der Waals surface area contributed by atoms with E-state index in [1.165, 1.54) is 0 Å². The maximum Gasteiger partial charge on any atom is 0.119 e. The third-order valence-electron chi connectivity index (χ3n) is 2.43. The van der Waals surface area contributed by atoms with Crippen molar-refractivity contribution in [2.24, 2.45) is 5.41 Å². The molecule has 0 aliphatic carbocycles. The minimum atomic E-state index is -0.315. The molecule has 3 heteroatoms. The van der Waals surface area contributed by atoms with Crippen molar-refractivity contribution in [2.45, 2.75) is 27.2 Å². The van der Waals surface area contributed by atoms with Gasteiger partial charge >= 0.3 is 0 Å². The Morgan fingerprint density at radius 2 is 2.12 bits per heavy atom. The van der Waals surface area contributed by atoms with Crippen molar-refractivity contribution in [2.75, 3.05) is 6.61 Å². The highest BCUT2D eigenvalue weighted by Crippen LogP contribution is 2.23. The highest BCUT2D eigenvalue weighted by atomic mass is 79.9. The van der Waals surface area contributed by atoms with Crippen molar-refractivity contribution < 1.29 is 4.74 Å². The Kier molecular flexibility index (Phi) is 4.37. The Balaban J connectivity index is 2.50. The number of nitriles is 1. The second-order valence-electron chi connectivity index (χ2n) is 4.51. The van der Waals surface area contributed by atoms with Crippen LogP contribution in [0.5, 0.6) is 5.75 Å². The molecular formula is C13H16BrNO. The molecule has 0 saturated heterocycles. The number of hydrogen-bond acceptors (Lipinski definition) is 2. The van der Waals surface area contributed by atoms with E-state index in [4.69, 9.17) is 10.00 Å². The number of hydrogen-bond donors (Lipinski definition) is 0. The molecule has 0 radical (unpaired) electrons. The van der Waals surface area contributed by atoms with Crippen molar-refractivity contribution in [3.8, 4) is 11.8 Å². The van der Waals surface area contributed by atoms with Crippen molar-refractivity contribution in [3.63, 3.8) is 0 Å². The standard InChI is InChI=1S/C13H16BrNO/c1-10-8-11(4-5-12(10)14)16-7-6-13(2,3)9-15/h4-5,8H,6-7H2,1-3H3. The SMILES string of the molecule is Cc1cc(OCCC(C)(C)C#N)ccc1Br. The van der Waals surface area contributed by atoms with E-state index >= 15 is 0 Å². The van der Waals surface area contributed by atoms with Crippen LogP contribution in [0.4, 0.5) is 0 Å². The van der Waals surface area contributed by atoms with Crippen LogP contribution in [0.15, 0.2) is 22.7 Å². The number of rotatable bonds is 4. The van der Waals surface area contributed by atoms with Gasteiger partial charge in [-0.1, -0.05) is 15.9 Å². The summed E-state index contributed by atoms with van der Waals surface area (Å²) < 4.78 is 6.69. The first-order chi connectivity index (χ1) is 7.44. The summed E-state index contributed by atoms with van der Waals surface area (Å²) in [5.41, 5.74) is 0.835. The lowest BCUT2D eigenvalue weighted by atomic mass is 9.92. The molecule has 86 valence electrons. The lowest BCUT2D eigenvalue weighted by molar-refractivity contribution is 0.264. The summed E-state index contributed by atoms with van der Waals surface area (Å²) in [4.78, 5) is 0. The molecule has 0 aliphatic heterocycles. The molecule has 1 aromatic carbocycles. The highest BCUT2D eigenvalue weighted by Gasteiger charge is 2.16. The van der Waals surface area contributed by atoms with Crippen molar-refractivity contribution in [3.05, 3.63) is 28.2 Å². The fourth-order valence-corrected chi connectivity index (χ4v) is 1.43. The first kappa shape index (κ1) is 13.1. The van der Waals surface area contributed by atoms with Crippen molar-refractivity contribution in [1.29, 1.82) is 5.26 Å². The quantitative estimate of drug-likeness (QED) is 0.833. The Morgan fingerprint density at radius 1 is 1.44 bits per heavy atom.